The van der Waals surface area contributed by atoms with Crippen LogP contribution in [0.25, 0.3) is 0 Å². The largest absolute Gasteiger partial charge is 0.389 e. The highest BCUT2D eigenvalue weighted by Gasteiger charge is 2.18. The average Bonchev–Trinajstić information content (AvgIpc) is 2.87. The van der Waals surface area contributed by atoms with E-state index < -0.39 is 6.10 Å². The van der Waals surface area contributed by atoms with Crippen molar-refractivity contribution in [2.24, 2.45) is 11.8 Å². The van der Waals surface area contributed by atoms with Gasteiger partial charge in [-0.1, -0.05) is 19.1 Å². The van der Waals surface area contributed by atoms with E-state index in [0.29, 0.717) is 25.0 Å². The van der Waals surface area contributed by atoms with E-state index in [9.17, 15) is 5.11 Å². The topological polar surface area (TPSA) is 41.5 Å². The molecule has 2 N–H and O–H groups in total. The van der Waals surface area contributed by atoms with Gasteiger partial charge in [-0.3, -0.25) is 0 Å². The molecular weight excluding hydrogens is 350 g/mol. The number of aliphatic hydroxyl groups is 1. The monoisotopic (exact) mass is 373 g/mol. The lowest BCUT2D eigenvalue weighted by molar-refractivity contribution is 0.0128. The lowest BCUT2D eigenvalue weighted by atomic mass is 9.85. The summed E-state index contributed by atoms with van der Waals surface area (Å²) in [7, 11) is 0. The first kappa shape index (κ1) is 17.2. The molecule has 3 atom stereocenters. The molecule has 0 saturated heterocycles. The molecule has 0 spiro atoms. The zero-order chi connectivity index (χ0) is 15.1. The molecule has 5 heteroatoms. The normalized spacial score (nSPS) is 23.4. The summed E-state index contributed by atoms with van der Waals surface area (Å²) >= 11 is 5.16. The van der Waals surface area contributed by atoms with E-state index in [1.165, 1.54) is 4.88 Å². The van der Waals surface area contributed by atoms with Gasteiger partial charge in [0, 0.05) is 18.0 Å². The Bertz CT molecular complexity index is 449. The van der Waals surface area contributed by atoms with Crippen LogP contribution in [0.2, 0.25) is 0 Å². The maximum absolute atomic E-state index is 9.92. The minimum Gasteiger partial charge on any atom is -0.389 e. The highest BCUT2D eigenvalue weighted by atomic mass is 79.9. The van der Waals surface area contributed by atoms with E-state index in [1.807, 2.05) is 6.07 Å². The van der Waals surface area contributed by atoms with Crippen LogP contribution in [0.4, 0.5) is 0 Å². The Hall–Kier alpha value is -0.200. The summed E-state index contributed by atoms with van der Waals surface area (Å²) in [6.45, 7) is 4.79. The van der Waals surface area contributed by atoms with E-state index in [0.717, 1.165) is 29.8 Å². The van der Waals surface area contributed by atoms with Gasteiger partial charge in [-0.05, 0) is 52.7 Å². The average molecular weight is 374 g/mol. The van der Waals surface area contributed by atoms with Gasteiger partial charge in [0.15, 0.2) is 0 Å². The number of thiophene rings is 1. The minimum absolute atomic E-state index is 0.411. The summed E-state index contributed by atoms with van der Waals surface area (Å²) < 4.78 is 6.82. The molecule has 1 aliphatic rings. The molecule has 0 aromatic carbocycles. The molecule has 0 radical (unpaired) electrons. The summed E-state index contributed by atoms with van der Waals surface area (Å²) in [6, 6.07) is 4.13. The Morgan fingerprint density at radius 1 is 1.43 bits per heavy atom. The van der Waals surface area contributed by atoms with Crippen LogP contribution < -0.4 is 5.32 Å². The van der Waals surface area contributed by atoms with Crippen molar-refractivity contribution in [2.75, 3.05) is 19.8 Å². The van der Waals surface area contributed by atoms with Crippen LogP contribution in [0.5, 0.6) is 0 Å². The first-order valence-corrected chi connectivity index (χ1v) is 9.12. The quantitative estimate of drug-likeness (QED) is 0.684. The second kappa shape index (κ2) is 9.06. The van der Waals surface area contributed by atoms with E-state index >= 15 is 0 Å². The number of allylic oxidation sites excluding steroid dienone is 2. The van der Waals surface area contributed by atoms with Gasteiger partial charge in [0.1, 0.15) is 0 Å². The fraction of sp³-hybridized carbons (Fsp3) is 0.625. The van der Waals surface area contributed by atoms with Crippen LogP contribution in [0, 0.1) is 11.8 Å². The molecule has 0 bridgehead atoms. The molecule has 0 saturated carbocycles. The molecule has 0 amide bonds. The molecule has 1 aromatic rings. The van der Waals surface area contributed by atoms with Crippen molar-refractivity contribution < 1.29 is 9.84 Å². The molecular formula is C16H24BrNO2S. The van der Waals surface area contributed by atoms with Gasteiger partial charge in [0.05, 0.1) is 23.1 Å². The van der Waals surface area contributed by atoms with Crippen LogP contribution in [0.3, 0.4) is 0 Å². The molecule has 3 unspecified atom stereocenters. The van der Waals surface area contributed by atoms with Gasteiger partial charge in [-0.15, -0.1) is 11.3 Å². The smallest absolute Gasteiger partial charge is 0.0897 e. The highest BCUT2D eigenvalue weighted by Crippen LogP contribution is 2.25. The molecule has 2 rings (SSSR count). The van der Waals surface area contributed by atoms with Crippen molar-refractivity contribution in [3.63, 3.8) is 0 Å². The summed E-state index contributed by atoms with van der Waals surface area (Å²) in [5.74, 6) is 1.28. The van der Waals surface area contributed by atoms with Crippen LogP contribution in [0.1, 0.15) is 24.6 Å². The van der Waals surface area contributed by atoms with Gasteiger partial charge >= 0.3 is 0 Å². The first-order chi connectivity index (χ1) is 10.1. The third-order valence-electron chi connectivity index (χ3n) is 3.87. The Morgan fingerprint density at radius 3 is 2.95 bits per heavy atom. The van der Waals surface area contributed by atoms with Crippen LogP contribution in [-0.4, -0.2) is 31.0 Å². The fourth-order valence-corrected chi connectivity index (χ4v) is 3.91. The predicted octanol–water partition coefficient (Wildman–Crippen LogP) is 3.58. The number of nitrogens with one attached hydrogen (secondary N) is 1. The molecule has 118 valence electrons. The van der Waals surface area contributed by atoms with E-state index in [1.54, 1.807) is 11.3 Å². The van der Waals surface area contributed by atoms with Gasteiger partial charge in [0.25, 0.3) is 0 Å². The van der Waals surface area contributed by atoms with Crippen molar-refractivity contribution in [3.8, 4) is 0 Å². The van der Waals surface area contributed by atoms with Crippen LogP contribution in [0.15, 0.2) is 28.1 Å². The third-order valence-corrected chi connectivity index (χ3v) is 5.49. The highest BCUT2D eigenvalue weighted by molar-refractivity contribution is 9.11. The second-order valence-electron chi connectivity index (χ2n) is 5.71. The van der Waals surface area contributed by atoms with Gasteiger partial charge in [-0.2, -0.15) is 0 Å². The Labute approximate surface area is 139 Å². The molecule has 3 nitrogen and oxygen atoms in total. The summed E-state index contributed by atoms with van der Waals surface area (Å²) in [6.07, 6.45) is 6.30. The van der Waals surface area contributed by atoms with E-state index in [-0.39, 0.29) is 0 Å². The van der Waals surface area contributed by atoms with Gasteiger partial charge in [0.2, 0.25) is 0 Å². The lowest BCUT2D eigenvalue weighted by Gasteiger charge is -2.25. The fourth-order valence-electron chi connectivity index (χ4n) is 2.46. The number of hydrogen-bond donors (Lipinski definition) is 2. The number of aliphatic hydroxyl groups excluding tert-OH is 1. The number of halogens is 1. The summed E-state index contributed by atoms with van der Waals surface area (Å²) in [5, 5.41) is 13.2. The molecule has 1 heterocycles. The van der Waals surface area contributed by atoms with Gasteiger partial charge in [-0.25, -0.2) is 0 Å². The third kappa shape index (κ3) is 6.20. The van der Waals surface area contributed by atoms with Crippen molar-refractivity contribution in [2.45, 2.75) is 32.4 Å². The van der Waals surface area contributed by atoms with Crippen LogP contribution in [-0.2, 0) is 11.3 Å². The number of hydrogen-bond acceptors (Lipinski definition) is 4. The maximum atomic E-state index is 9.92. The van der Waals surface area contributed by atoms with Crippen molar-refractivity contribution in [1.82, 2.24) is 5.32 Å². The van der Waals surface area contributed by atoms with Gasteiger partial charge < -0.3 is 15.2 Å². The first-order valence-electron chi connectivity index (χ1n) is 7.51. The Kier molecular flexibility index (Phi) is 7.40. The standard InChI is InChI=1S/C16H24BrNO2S/c1-12-4-2-3-5-13(12)10-20-11-14(19)8-18-9-15-6-7-16(17)21-15/h2-3,6-7,12-14,18-19H,4-5,8-11H2,1H3. The van der Waals surface area contributed by atoms with Crippen molar-refractivity contribution in [3.05, 3.63) is 32.9 Å². The zero-order valence-electron chi connectivity index (χ0n) is 12.4. The Morgan fingerprint density at radius 2 is 2.24 bits per heavy atom. The molecule has 1 aliphatic carbocycles. The number of ether oxygens (including phenoxy) is 1. The van der Waals surface area contributed by atoms with Crippen molar-refractivity contribution >= 4 is 27.3 Å². The molecule has 0 aliphatic heterocycles. The number of rotatable bonds is 8. The van der Waals surface area contributed by atoms with Crippen molar-refractivity contribution in [1.29, 1.82) is 0 Å². The summed E-state index contributed by atoms with van der Waals surface area (Å²) in [4.78, 5) is 1.26. The molecule has 0 fully saturated rings. The molecule has 21 heavy (non-hydrogen) atoms. The molecule has 1 aromatic heterocycles. The second-order valence-corrected chi connectivity index (χ2v) is 8.26. The predicted molar refractivity (Wildman–Crippen MR) is 91.6 cm³/mol. The van der Waals surface area contributed by atoms with E-state index in [4.69, 9.17) is 4.74 Å². The SMILES string of the molecule is CC1CC=CCC1COCC(O)CNCc1ccc(Br)s1. The lowest BCUT2D eigenvalue weighted by Crippen LogP contribution is -2.31. The minimum atomic E-state index is -0.442. The maximum Gasteiger partial charge on any atom is 0.0897 e. The summed E-state index contributed by atoms with van der Waals surface area (Å²) in [5.41, 5.74) is 0. The van der Waals surface area contributed by atoms with E-state index in [2.05, 4.69) is 46.4 Å². The zero-order valence-corrected chi connectivity index (χ0v) is 14.8. The van der Waals surface area contributed by atoms with Crippen LogP contribution >= 0.6 is 27.3 Å². The Balaban J connectivity index is 1.55.